The van der Waals surface area contributed by atoms with Crippen molar-refractivity contribution in [2.45, 2.75) is 32.0 Å². The smallest absolute Gasteiger partial charge is 0.342 e. The maximum atomic E-state index is 14.1. The first-order chi connectivity index (χ1) is 12.9. The van der Waals surface area contributed by atoms with E-state index in [4.69, 9.17) is 0 Å². The molecular formula is C20H29ClF3N3O. The number of carbonyl (C=O) groups excluding carboxylic acids is 1. The second kappa shape index (κ2) is 9.46. The second-order valence-electron chi connectivity index (χ2n) is 7.84. The monoisotopic (exact) mass is 419 g/mol. The van der Waals surface area contributed by atoms with Crippen LogP contribution in [0.25, 0.3) is 0 Å². The maximum absolute atomic E-state index is 14.1. The molecule has 158 valence electrons. The predicted molar refractivity (Wildman–Crippen MR) is 105 cm³/mol. The zero-order chi connectivity index (χ0) is 19.5. The molecule has 1 N–H and O–H groups in total. The van der Waals surface area contributed by atoms with E-state index in [2.05, 4.69) is 5.32 Å². The molecule has 0 aromatic heterocycles. The Morgan fingerprint density at radius 2 is 1.96 bits per heavy atom. The van der Waals surface area contributed by atoms with Crippen LogP contribution < -0.4 is 5.32 Å². The summed E-state index contributed by atoms with van der Waals surface area (Å²) in [5.41, 5.74) is -1.31. The van der Waals surface area contributed by atoms with Gasteiger partial charge in [-0.25, -0.2) is 0 Å². The van der Waals surface area contributed by atoms with E-state index in [0.29, 0.717) is 19.6 Å². The molecule has 0 radical (unpaired) electrons. The average Bonchev–Trinajstić information content (AvgIpc) is 3.07. The summed E-state index contributed by atoms with van der Waals surface area (Å²) in [4.78, 5) is 16.3. The van der Waals surface area contributed by atoms with E-state index in [-0.39, 0.29) is 37.8 Å². The SMILES string of the molecule is CNCC1CCCN(C(=O)C2(C(F)(F)F)CCN(Cc3ccccc3)C2)C1.Cl. The lowest BCUT2D eigenvalue weighted by Gasteiger charge is -2.39. The Morgan fingerprint density at radius 3 is 2.61 bits per heavy atom. The van der Waals surface area contributed by atoms with Gasteiger partial charge in [0, 0.05) is 26.2 Å². The van der Waals surface area contributed by atoms with E-state index in [1.165, 1.54) is 4.90 Å². The minimum atomic E-state index is -4.54. The summed E-state index contributed by atoms with van der Waals surface area (Å²) >= 11 is 0. The molecule has 2 heterocycles. The van der Waals surface area contributed by atoms with Gasteiger partial charge in [-0.15, -0.1) is 12.4 Å². The third-order valence-corrected chi connectivity index (χ3v) is 5.85. The summed E-state index contributed by atoms with van der Waals surface area (Å²) < 4.78 is 42.3. The number of benzene rings is 1. The second-order valence-corrected chi connectivity index (χ2v) is 7.84. The molecule has 8 heteroatoms. The largest absolute Gasteiger partial charge is 0.404 e. The molecule has 2 saturated heterocycles. The molecule has 2 unspecified atom stereocenters. The molecule has 2 aliphatic heterocycles. The van der Waals surface area contributed by atoms with Crippen LogP contribution in [0.5, 0.6) is 0 Å². The van der Waals surface area contributed by atoms with E-state index in [9.17, 15) is 18.0 Å². The van der Waals surface area contributed by atoms with Crippen LogP contribution in [0.3, 0.4) is 0 Å². The van der Waals surface area contributed by atoms with Crippen molar-refractivity contribution in [3.05, 3.63) is 35.9 Å². The van der Waals surface area contributed by atoms with Crippen molar-refractivity contribution in [3.8, 4) is 0 Å². The van der Waals surface area contributed by atoms with Crippen molar-refractivity contribution < 1.29 is 18.0 Å². The third-order valence-electron chi connectivity index (χ3n) is 5.85. The average molecular weight is 420 g/mol. The Kier molecular flexibility index (Phi) is 7.76. The van der Waals surface area contributed by atoms with Gasteiger partial charge in [-0.2, -0.15) is 13.2 Å². The molecule has 28 heavy (non-hydrogen) atoms. The van der Waals surface area contributed by atoms with Crippen LogP contribution in [0.2, 0.25) is 0 Å². The van der Waals surface area contributed by atoms with Crippen LogP contribution >= 0.6 is 12.4 Å². The van der Waals surface area contributed by atoms with E-state index < -0.39 is 17.5 Å². The molecule has 0 spiro atoms. The normalized spacial score (nSPS) is 26.1. The molecule has 2 aliphatic rings. The number of nitrogens with zero attached hydrogens (tertiary/aromatic N) is 2. The van der Waals surface area contributed by atoms with Gasteiger partial charge >= 0.3 is 6.18 Å². The number of likely N-dealkylation sites (tertiary alicyclic amines) is 2. The number of carbonyl (C=O) groups is 1. The molecule has 4 nitrogen and oxygen atoms in total. The first kappa shape index (κ1) is 23.0. The van der Waals surface area contributed by atoms with Crippen LogP contribution in [0.15, 0.2) is 30.3 Å². The highest BCUT2D eigenvalue weighted by Crippen LogP contribution is 2.47. The van der Waals surface area contributed by atoms with Gasteiger partial charge in [0.05, 0.1) is 0 Å². The van der Waals surface area contributed by atoms with Crippen molar-refractivity contribution in [3.63, 3.8) is 0 Å². The Hall–Kier alpha value is -1.31. The predicted octanol–water partition coefficient (Wildman–Crippen LogP) is 3.32. The van der Waals surface area contributed by atoms with Crippen molar-refractivity contribution >= 4 is 18.3 Å². The first-order valence-electron chi connectivity index (χ1n) is 9.63. The van der Waals surface area contributed by atoms with Gasteiger partial charge in [0.25, 0.3) is 0 Å². The molecule has 2 fully saturated rings. The Labute approximate surface area is 170 Å². The van der Waals surface area contributed by atoms with Crippen LogP contribution in [-0.2, 0) is 11.3 Å². The number of amides is 1. The number of halogens is 4. The number of hydrogen-bond donors (Lipinski definition) is 1. The van der Waals surface area contributed by atoms with Gasteiger partial charge in [0.1, 0.15) is 0 Å². The van der Waals surface area contributed by atoms with Crippen molar-refractivity contribution in [2.24, 2.45) is 11.3 Å². The Balaban J connectivity index is 0.00000280. The lowest BCUT2D eigenvalue weighted by atomic mass is 9.83. The Bertz CT molecular complexity index is 641. The number of hydrogen-bond acceptors (Lipinski definition) is 3. The maximum Gasteiger partial charge on any atom is 0.404 e. The fourth-order valence-electron chi connectivity index (χ4n) is 4.40. The molecule has 2 atom stereocenters. The first-order valence-corrected chi connectivity index (χ1v) is 9.63. The fraction of sp³-hybridized carbons (Fsp3) is 0.650. The highest BCUT2D eigenvalue weighted by Gasteiger charge is 2.64. The number of rotatable bonds is 5. The molecule has 1 aromatic carbocycles. The summed E-state index contributed by atoms with van der Waals surface area (Å²) in [7, 11) is 1.83. The standard InChI is InChI=1S/C20H28F3N3O.ClH/c1-24-12-17-8-5-10-26(14-17)18(27)19(20(21,22)23)9-11-25(15-19)13-16-6-3-2-4-7-16;/h2-4,6-7,17,24H,5,8-15H2,1H3;1H. The van der Waals surface area contributed by atoms with E-state index in [1.54, 1.807) is 4.90 Å². The minimum Gasteiger partial charge on any atom is -0.342 e. The van der Waals surface area contributed by atoms with Gasteiger partial charge in [0.15, 0.2) is 5.41 Å². The molecule has 3 rings (SSSR count). The van der Waals surface area contributed by atoms with Gasteiger partial charge in [-0.05, 0) is 50.9 Å². The summed E-state index contributed by atoms with van der Waals surface area (Å²) in [6, 6.07) is 9.45. The Morgan fingerprint density at radius 1 is 1.25 bits per heavy atom. The topological polar surface area (TPSA) is 35.6 Å². The molecule has 0 aliphatic carbocycles. The van der Waals surface area contributed by atoms with Crippen LogP contribution in [0, 0.1) is 11.3 Å². The van der Waals surface area contributed by atoms with E-state index >= 15 is 0 Å². The van der Waals surface area contributed by atoms with Crippen LogP contribution in [-0.4, -0.2) is 61.7 Å². The van der Waals surface area contributed by atoms with Crippen molar-refractivity contribution in [1.82, 2.24) is 15.1 Å². The zero-order valence-corrected chi connectivity index (χ0v) is 17.0. The summed E-state index contributed by atoms with van der Waals surface area (Å²) in [5.74, 6) is -0.508. The molecule has 1 aromatic rings. The summed E-state index contributed by atoms with van der Waals surface area (Å²) in [6.45, 7) is 2.04. The number of alkyl halides is 3. The van der Waals surface area contributed by atoms with E-state index in [1.807, 2.05) is 37.4 Å². The van der Waals surface area contributed by atoms with Gasteiger partial charge in [0.2, 0.25) is 5.91 Å². The molecule has 0 saturated carbocycles. The summed E-state index contributed by atoms with van der Waals surface area (Å²) in [6.07, 6.45) is -2.98. The zero-order valence-electron chi connectivity index (χ0n) is 16.2. The number of piperidine rings is 1. The lowest BCUT2D eigenvalue weighted by molar-refractivity contribution is -0.224. The van der Waals surface area contributed by atoms with E-state index in [0.717, 1.165) is 24.9 Å². The third kappa shape index (κ3) is 4.81. The lowest BCUT2D eigenvalue weighted by Crippen LogP contribution is -2.56. The molecule has 0 bridgehead atoms. The van der Waals surface area contributed by atoms with Crippen LogP contribution in [0.4, 0.5) is 13.2 Å². The van der Waals surface area contributed by atoms with Crippen molar-refractivity contribution in [2.75, 3.05) is 39.8 Å². The van der Waals surface area contributed by atoms with Gasteiger partial charge < -0.3 is 10.2 Å². The highest BCUT2D eigenvalue weighted by molar-refractivity contribution is 5.85. The molecular weight excluding hydrogens is 391 g/mol. The van der Waals surface area contributed by atoms with Gasteiger partial charge in [-0.1, -0.05) is 30.3 Å². The number of nitrogens with one attached hydrogen (secondary N) is 1. The minimum absolute atomic E-state index is 0. The highest BCUT2D eigenvalue weighted by atomic mass is 35.5. The quantitative estimate of drug-likeness (QED) is 0.795. The van der Waals surface area contributed by atoms with Gasteiger partial charge in [-0.3, -0.25) is 9.69 Å². The fourth-order valence-corrected chi connectivity index (χ4v) is 4.40. The summed E-state index contributed by atoms with van der Waals surface area (Å²) in [5, 5.41) is 3.07. The van der Waals surface area contributed by atoms with Crippen molar-refractivity contribution in [1.29, 1.82) is 0 Å². The molecule has 1 amide bonds. The van der Waals surface area contributed by atoms with Crippen LogP contribution in [0.1, 0.15) is 24.8 Å².